The van der Waals surface area contributed by atoms with Crippen molar-refractivity contribution < 1.29 is 0 Å². The zero-order valence-electron chi connectivity index (χ0n) is 16.9. The molecule has 1 aromatic carbocycles. The van der Waals surface area contributed by atoms with Crippen LogP contribution >= 0.6 is 0 Å². The lowest BCUT2D eigenvalue weighted by Gasteiger charge is -2.24. The molecule has 4 rings (SSSR count). The van der Waals surface area contributed by atoms with E-state index in [0.29, 0.717) is 23.2 Å². The molecule has 1 saturated heterocycles. The third kappa shape index (κ3) is 3.10. The minimum absolute atomic E-state index is 0.348. The predicted molar refractivity (Wildman–Crippen MR) is 117 cm³/mol. The second kappa shape index (κ2) is 7.40. The number of benzene rings is 1. The number of aromatic amines is 1. The molecule has 1 fully saturated rings. The van der Waals surface area contributed by atoms with Gasteiger partial charge in [-0.1, -0.05) is 13.8 Å². The van der Waals surface area contributed by atoms with Crippen LogP contribution < -0.4 is 11.1 Å². The van der Waals surface area contributed by atoms with Crippen molar-refractivity contribution in [1.82, 2.24) is 15.3 Å². The Kier molecular flexibility index (Phi) is 4.94. The molecule has 2 aromatic heterocycles. The minimum atomic E-state index is 0.348. The first-order valence-electron chi connectivity index (χ1n) is 10.1. The second-order valence-corrected chi connectivity index (χ2v) is 8.15. The van der Waals surface area contributed by atoms with Gasteiger partial charge < -0.3 is 21.4 Å². The zero-order chi connectivity index (χ0) is 19.8. The van der Waals surface area contributed by atoms with Gasteiger partial charge in [-0.2, -0.15) is 0 Å². The van der Waals surface area contributed by atoms with Crippen LogP contribution in [0.2, 0.25) is 0 Å². The fraction of sp³-hybridized carbons (Fsp3) is 0.391. The number of rotatable bonds is 4. The summed E-state index contributed by atoms with van der Waals surface area (Å²) in [6.07, 6.45) is 5.41. The number of nitrogens with zero attached hydrogens (tertiary/aromatic N) is 1. The molecule has 5 nitrogen and oxygen atoms in total. The number of piperidine rings is 1. The number of H-pyrrole nitrogens is 1. The van der Waals surface area contributed by atoms with Gasteiger partial charge in [0, 0.05) is 34.4 Å². The van der Waals surface area contributed by atoms with Crippen molar-refractivity contribution in [1.29, 1.82) is 5.41 Å². The SMILES string of the molecule is Cc1cc2[nH]c(-c3ccnc(N)c3C=N)c(C(C)C)c2cc1C1CCNCC1. The van der Waals surface area contributed by atoms with Crippen molar-refractivity contribution in [2.24, 2.45) is 0 Å². The smallest absolute Gasteiger partial charge is 0.132 e. The third-order valence-corrected chi connectivity index (χ3v) is 6.02. The lowest BCUT2D eigenvalue weighted by Crippen LogP contribution is -2.26. The number of fused-ring (bicyclic) bond motifs is 1. The van der Waals surface area contributed by atoms with Gasteiger partial charge in [-0.15, -0.1) is 0 Å². The van der Waals surface area contributed by atoms with E-state index in [1.807, 2.05) is 6.07 Å². The lowest BCUT2D eigenvalue weighted by molar-refractivity contribution is 0.459. The number of nitrogens with one attached hydrogen (secondary N) is 3. The molecule has 0 amide bonds. The van der Waals surface area contributed by atoms with Crippen LogP contribution in [0.5, 0.6) is 0 Å². The maximum Gasteiger partial charge on any atom is 0.132 e. The summed E-state index contributed by atoms with van der Waals surface area (Å²) in [5, 5.41) is 12.6. The molecule has 0 saturated carbocycles. The fourth-order valence-electron chi connectivity index (χ4n) is 4.63. The Morgan fingerprint density at radius 2 is 2.00 bits per heavy atom. The van der Waals surface area contributed by atoms with Gasteiger partial charge in [0.15, 0.2) is 0 Å². The highest BCUT2D eigenvalue weighted by Crippen LogP contribution is 2.40. The summed E-state index contributed by atoms with van der Waals surface area (Å²) in [6.45, 7) is 8.86. The summed E-state index contributed by atoms with van der Waals surface area (Å²) < 4.78 is 0. The highest BCUT2D eigenvalue weighted by molar-refractivity contribution is 5.98. The fourth-order valence-corrected chi connectivity index (χ4v) is 4.63. The van der Waals surface area contributed by atoms with Crippen molar-refractivity contribution in [3.63, 3.8) is 0 Å². The highest BCUT2D eigenvalue weighted by Gasteiger charge is 2.22. The largest absolute Gasteiger partial charge is 0.383 e. The molecule has 3 heterocycles. The number of aryl methyl sites for hydroxylation is 1. The van der Waals surface area contributed by atoms with Crippen LogP contribution in [-0.4, -0.2) is 29.3 Å². The Morgan fingerprint density at radius 3 is 2.68 bits per heavy atom. The molecule has 0 atom stereocenters. The molecule has 3 aromatic rings. The molecule has 0 spiro atoms. The Bertz CT molecular complexity index is 1030. The summed E-state index contributed by atoms with van der Waals surface area (Å²) in [5.74, 6) is 1.37. The van der Waals surface area contributed by atoms with Crippen LogP contribution in [0.15, 0.2) is 24.4 Å². The second-order valence-electron chi connectivity index (χ2n) is 8.15. The number of hydrogen-bond donors (Lipinski definition) is 4. The topological polar surface area (TPSA) is 90.6 Å². The van der Waals surface area contributed by atoms with E-state index in [9.17, 15) is 0 Å². The van der Waals surface area contributed by atoms with E-state index in [1.165, 1.54) is 41.1 Å². The average Bonchev–Trinajstić information content (AvgIpc) is 3.06. The molecule has 146 valence electrons. The van der Waals surface area contributed by atoms with Gasteiger partial charge in [0.25, 0.3) is 0 Å². The molecule has 1 aliphatic rings. The van der Waals surface area contributed by atoms with E-state index in [-0.39, 0.29) is 0 Å². The first-order valence-corrected chi connectivity index (χ1v) is 10.1. The molecular formula is C23H29N5. The summed E-state index contributed by atoms with van der Waals surface area (Å²) in [6, 6.07) is 6.65. The maximum absolute atomic E-state index is 7.82. The number of aromatic nitrogens is 2. The van der Waals surface area contributed by atoms with Crippen LogP contribution in [0.1, 0.15) is 60.8 Å². The van der Waals surface area contributed by atoms with E-state index in [2.05, 4.69) is 48.2 Å². The standard InChI is InChI=1S/C23H29N5/c1-13(2)21-18-11-17(15-4-7-26-8-5-15)14(3)10-20(18)28-22(21)16-6-9-27-23(25)19(16)12-24/h6,9-13,15,24,26,28H,4-5,7-8H2,1-3H3,(H2,25,27). The zero-order valence-corrected chi connectivity index (χ0v) is 16.9. The van der Waals surface area contributed by atoms with Crippen molar-refractivity contribution in [2.75, 3.05) is 18.8 Å². The monoisotopic (exact) mass is 375 g/mol. The van der Waals surface area contributed by atoms with Crippen LogP contribution in [-0.2, 0) is 0 Å². The number of hydrogen-bond acceptors (Lipinski definition) is 4. The highest BCUT2D eigenvalue weighted by atomic mass is 14.9. The average molecular weight is 376 g/mol. The van der Waals surface area contributed by atoms with Gasteiger partial charge in [0.1, 0.15) is 5.82 Å². The summed E-state index contributed by atoms with van der Waals surface area (Å²) in [5.41, 5.74) is 14.0. The van der Waals surface area contributed by atoms with Crippen LogP contribution in [0, 0.1) is 12.3 Å². The van der Waals surface area contributed by atoms with Gasteiger partial charge in [-0.25, -0.2) is 4.98 Å². The normalized spacial score (nSPS) is 15.4. The maximum atomic E-state index is 7.82. The first-order chi connectivity index (χ1) is 13.5. The van der Waals surface area contributed by atoms with Crippen LogP contribution in [0.25, 0.3) is 22.2 Å². The minimum Gasteiger partial charge on any atom is -0.383 e. The molecule has 5 heteroatoms. The lowest BCUT2D eigenvalue weighted by atomic mass is 9.85. The Labute approximate surface area is 166 Å². The summed E-state index contributed by atoms with van der Waals surface area (Å²) in [7, 11) is 0. The van der Waals surface area contributed by atoms with Gasteiger partial charge in [-0.3, -0.25) is 0 Å². The Balaban J connectivity index is 1.95. The molecule has 5 N–H and O–H groups in total. The molecule has 0 aliphatic carbocycles. The van der Waals surface area contributed by atoms with Crippen LogP contribution in [0.4, 0.5) is 5.82 Å². The van der Waals surface area contributed by atoms with Gasteiger partial charge >= 0.3 is 0 Å². The van der Waals surface area contributed by atoms with Crippen molar-refractivity contribution >= 4 is 22.9 Å². The number of nitrogen functional groups attached to an aromatic ring is 1. The van der Waals surface area contributed by atoms with E-state index in [1.54, 1.807) is 6.20 Å². The van der Waals surface area contributed by atoms with E-state index >= 15 is 0 Å². The van der Waals surface area contributed by atoms with E-state index in [0.717, 1.165) is 29.9 Å². The van der Waals surface area contributed by atoms with Gasteiger partial charge in [-0.05, 0) is 79.6 Å². The van der Waals surface area contributed by atoms with Crippen molar-refractivity contribution in [3.05, 3.63) is 46.6 Å². The van der Waals surface area contributed by atoms with Gasteiger partial charge in [0.2, 0.25) is 0 Å². The van der Waals surface area contributed by atoms with E-state index in [4.69, 9.17) is 11.1 Å². The van der Waals surface area contributed by atoms with E-state index < -0.39 is 0 Å². The molecule has 0 unspecified atom stereocenters. The Hall–Kier alpha value is -2.66. The molecular weight excluding hydrogens is 346 g/mol. The number of pyridine rings is 1. The van der Waals surface area contributed by atoms with Crippen LogP contribution in [0.3, 0.4) is 0 Å². The third-order valence-electron chi connectivity index (χ3n) is 6.02. The molecule has 0 radical (unpaired) electrons. The predicted octanol–water partition coefficient (Wildman–Crippen LogP) is 4.71. The molecule has 28 heavy (non-hydrogen) atoms. The quantitative estimate of drug-likeness (QED) is 0.498. The van der Waals surface area contributed by atoms with Gasteiger partial charge in [0.05, 0.1) is 5.69 Å². The first kappa shape index (κ1) is 18.7. The summed E-state index contributed by atoms with van der Waals surface area (Å²) in [4.78, 5) is 7.80. The molecule has 1 aliphatic heterocycles. The summed E-state index contributed by atoms with van der Waals surface area (Å²) >= 11 is 0. The molecule has 0 bridgehead atoms. The number of anilines is 1. The Morgan fingerprint density at radius 1 is 1.25 bits per heavy atom. The number of nitrogens with two attached hydrogens (primary N) is 1. The van der Waals surface area contributed by atoms with Crippen molar-refractivity contribution in [2.45, 2.75) is 45.4 Å². The van der Waals surface area contributed by atoms with Crippen molar-refractivity contribution in [3.8, 4) is 11.3 Å².